The van der Waals surface area contributed by atoms with Crippen LogP contribution in [0.25, 0.3) is 0 Å². The molecule has 0 aliphatic rings. The Bertz CT molecular complexity index is 416. The van der Waals surface area contributed by atoms with E-state index in [1.165, 1.54) is 0 Å². The highest BCUT2D eigenvalue weighted by Gasteiger charge is 2.31. The minimum Gasteiger partial charge on any atom is -0.370 e. The topological polar surface area (TPSA) is 37.0 Å². The van der Waals surface area contributed by atoms with E-state index < -0.39 is 11.7 Å². The van der Waals surface area contributed by atoms with Crippen molar-refractivity contribution in [1.82, 2.24) is 4.98 Å². The molecule has 0 aliphatic heterocycles. The zero-order valence-corrected chi connectivity index (χ0v) is 11.6. The van der Waals surface area contributed by atoms with Crippen LogP contribution in [-0.4, -0.2) is 17.6 Å². The van der Waals surface area contributed by atoms with E-state index >= 15 is 0 Å². The smallest absolute Gasteiger partial charge is 0.370 e. The zero-order chi connectivity index (χ0) is 14.6. The molecule has 0 saturated heterocycles. The van der Waals surface area contributed by atoms with Crippen LogP contribution in [0.2, 0.25) is 0 Å². The largest absolute Gasteiger partial charge is 0.416 e. The first kappa shape index (κ1) is 15.6. The summed E-state index contributed by atoms with van der Waals surface area (Å²) in [5.74, 6) is 0.779. The summed E-state index contributed by atoms with van der Waals surface area (Å²) in [5.41, 5.74) is -0.697. The van der Waals surface area contributed by atoms with E-state index in [2.05, 4.69) is 15.6 Å². The Kier molecular flexibility index (Phi) is 5.03. The van der Waals surface area contributed by atoms with Crippen molar-refractivity contribution < 1.29 is 13.2 Å². The van der Waals surface area contributed by atoms with Crippen molar-refractivity contribution in [1.29, 1.82) is 0 Å². The summed E-state index contributed by atoms with van der Waals surface area (Å²) in [6, 6.07) is 2.11. The van der Waals surface area contributed by atoms with E-state index in [0.717, 1.165) is 12.1 Å². The fourth-order valence-electron chi connectivity index (χ4n) is 1.44. The van der Waals surface area contributed by atoms with E-state index in [4.69, 9.17) is 0 Å². The van der Waals surface area contributed by atoms with Crippen molar-refractivity contribution in [3.63, 3.8) is 0 Å². The van der Waals surface area contributed by atoms with Gasteiger partial charge in [-0.15, -0.1) is 0 Å². The molecule has 2 N–H and O–H groups in total. The molecule has 1 aromatic heterocycles. The molecule has 0 saturated carbocycles. The summed E-state index contributed by atoms with van der Waals surface area (Å²) in [7, 11) is 0. The number of hydrogen-bond acceptors (Lipinski definition) is 3. The average molecular weight is 275 g/mol. The lowest BCUT2D eigenvalue weighted by atomic mass is 10.1. The highest BCUT2D eigenvalue weighted by molar-refractivity contribution is 5.50. The van der Waals surface area contributed by atoms with Crippen LogP contribution >= 0.6 is 0 Å². The van der Waals surface area contributed by atoms with Crippen molar-refractivity contribution in [2.24, 2.45) is 5.92 Å². The summed E-state index contributed by atoms with van der Waals surface area (Å²) >= 11 is 0. The minimum absolute atomic E-state index is 0.0467. The Labute approximate surface area is 111 Å². The van der Waals surface area contributed by atoms with Gasteiger partial charge < -0.3 is 10.6 Å². The molecule has 0 bridgehead atoms. The molecule has 0 amide bonds. The lowest BCUT2D eigenvalue weighted by molar-refractivity contribution is -0.137. The number of pyridine rings is 1. The van der Waals surface area contributed by atoms with E-state index in [-0.39, 0.29) is 17.7 Å². The molecule has 0 radical (unpaired) electrons. The Balaban J connectivity index is 3.06. The molecule has 1 heterocycles. The van der Waals surface area contributed by atoms with E-state index in [9.17, 15) is 13.2 Å². The van der Waals surface area contributed by atoms with Gasteiger partial charge in [0.25, 0.3) is 0 Å². The normalized spacial score (nSPS) is 13.5. The van der Waals surface area contributed by atoms with Gasteiger partial charge in [0.15, 0.2) is 0 Å². The number of aromatic nitrogens is 1. The molecule has 19 heavy (non-hydrogen) atoms. The van der Waals surface area contributed by atoms with Gasteiger partial charge in [-0.25, -0.2) is 4.98 Å². The first-order valence-corrected chi connectivity index (χ1v) is 6.33. The van der Waals surface area contributed by atoms with Crippen LogP contribution in [-0.2, 0) is 6.18 Å². The maximum atomic E-state index is 12.8. The van der Waals surface area contributed by atoms with Crippen LogP contribution in [0.4, 0.5) is 24.8 Å². The van der Waals surface area contributed by atoms with Crippen molar-refractivity contribution in [2.75, 3.05) is 17.2 Å². The lowest BCUT2D eigenvalue weighted by Gasteiger charge is -2.20. The number of halogens is 3. The number of rotatable bonds is 5. The summed E-state index contributed by atoms with van der Waals surface area (Å²) in [6.45, 7) is 8.24. The van der Waals surface area contributed by atoms with Crippen LogP contribution in [0, 0.1) is 5.92 Å². The second-order valence-electron chi connectivity index (χ2n) is 4.83. The minimum atomic E-state index is -4.37. The standard InChI is InChI=1S/C13H20F3N3/c1-5-17-11-6-10(13(14,15)16)7-12(19-11)18-9(4)8(2)3/h6-9H,5H2,1-4H3,(H2,17,18,19). The lowest BCUT2D eigenvalue weighted by Crippen LogP contribution is -2.23. The van der Waals surface area contributed by atoms with Crippen molar-refractivity contribution in [3.8, 4) is 0 Å². The molecule has 0 spiro atoms. The van der Waals surface area contributed by atoms with Gasteiger partial charge in [-0.3, -0.25) is 0 Å². The Morgan fingerprint density at radius 3 is 2.21 bits per heavy atom. The molecule has 6 heteroatoms. The molecule has 1 unspecified atom stereocenters. The molecule has 1 atom stereocenters. The number of hydrogen-bond donors (Lipinski definition) is 2. The van der Waals surface area contributed by atoms with Gasteiger partial charge >= 0.3 is 6.18 Å². The highest BCUT2D eigenvalue weighted by atomic mass is 19.4. The van der Waals surface area contributed by atoms with E-state index in [1.807, 2.05) is 27.7 Å². The first-order chi connectivity index (χ1) is 8.74. The number of anilines is 2. The summed E-state index contributed by atoms with van der Waals surface area (Å²) < 4.78 is 38.4. The van der Waals surface area contributed by atoms with Gasteiger partial charge in [-0.05, 0) is 31.9 Å². The van der Waals surface area contributed by atoms with E-state index in [1.54, 1.807) is 0 Å². The van der Waals surface area contributed by atoms with Crippen LogP contribution in [0.15, 0.2) is 12.1 Å². The molecule has 108 valence electrons. The van der Waals surface area contributed by atoms with Gasteiger partial charge in [0, 0.05) is 12.6 Å². The molecule has 0 fully saturated rings. The first-order valence-electron chi connectivity index (χ1n) is 6.33. The number of nitrogens with zero attached hydrogens (tertiary/aromatic N) is 1. The molecule has 0 aliphatic carbocycles. The predicted octanol–water partition coefficient (Wildman–Crippen LogP) is 3.99. The third-order valence-electron chi connectivity index (χ3n) is 2.89. The Morgan fingerprint density at radius 1 is 1.16 bits per heavy atom. The van der Waals surface area contributed by atoms with E-state index in [0.29, 0.717) is 12.5 Å². The fourth-order valence-corrected chi connectivity index (χ4v) is 1.44. The molecule has 3 nitrogen and oxygen atoms in total. The van der Waals surface area contributed by atoms with Crippen molar-refractivity contribution >= 4 is 11.6 Å². The van der Waals surface area contributed by atoms with Gasteiger partial charge in [-0.1, -0.05) is 13.8 Å². The number of alkyl halides is 3. The quantitative estimate of drug-likeness (QED) is 0.853. The second kappa shape index (κ2) is 6.12. The summed E-state index contributed by atoms with van der Waals surface area (Å²) in [5, 5.41) is 5.81. The maximum absolute atomic E-state index is 12.8. The molecule has 1 rings (SSSR count). The number of nitrogens with one attached hydrogen (secondary N) is 2. The molecular weight excluding hydrogens is 255 g/mol. The van der Waals surface area contributed by atoms with Crippen LogP contribution in [0.5, 0.6) is 0 Å². The van der Waals surface area contributed by atoms with Gasteiger partial charge in [0.2, 0.25) is 0 Å². The van der Waals surface area contributed by atoms with Gasteiger partial charge in [-0.2, -0.15) is 13.2 Å². The SMILES string of the molecule is CCNc1cc(C(F)(F)F)cc(NC(C)C(C)C)n1. The average Bonchev–Trinajstić information content (AvgIpc) is 2.27. The molecular formula is C13H20F3N3. The van der Waals surface area contributed by atoms with Crippen LogP contribution in [0.1, 0.15) is 33.3 Å². The van der Waals surface area contributed by atoms with Crippen molar-refractivity contribution in [3.05, 3.63) is 17.7 Å². The summed E-state index contributed by atoms with van der Waals surface area (Å²) in [4.78, 5) is 4.14. The van der Waals surface area contributed by atoms with Gasteiger partial charge in [0.1, 0.15) is 11.6 Å². The maximum Gasteiger partial charge on any atom is 0.416 e. The van der Waals surface area contributed by atoms with Crippen molar-refractivity contribution in [2.45, 2.75) is 39.9 Å². The second-order valence-corrected chi connectivity index (χ2v) is 4.83. The Morgan fingerprint density at radius 2 is 1.74 bits per heavy atom. The molecule has 1 aromatic rings. The predicted molar refractivity (Wildman–Crippen MR) is 71.3 cm³/mol. The Hall–Kier alpha value is -1.46. The highest BCUT2D eigenvalue weighted by Crippen LogP contribution is 2.32. The third-order valence-corrected chi connectivity index (χ3v) is 2.89. The van der Waals surface area contributed by atoms with Crippen LogP contribution < -0.4 is 10.6 Å². The fraction of sp³-hybridized carbons (Fsp3) is 0.615. The third kappa shape index (κ3) is 4.61. The summed E-state index contributed by atoms with van der Waals surface area (Å²) in [6.07, 6.45) is -4.37. The van der Waals surface area contributed by atoms with Crippen LogP contribution in [0.3, 0.4) is 0 Å². The van der Waals surface area contributed by atoms with Gasteiger partial charge in [0.05, 0.1) is 5.56 Å². The zero-order valence-electron chi connectivity index (χ0n) is 11.6. The monoisotopic (exact) mass is 275 g/mol. The molecule has 0 aromatic carbocycles.